The summed E-state index contributed by atoms with van der Waals surface area (Å²) in [5.74, 6) is -0.0800. The van der Waals surface area contributed by atoms with Gasteiger partial charge in [-0.1, -0.05) is 96.3 Å². The van der Waals surface area contributed by atoms with Crippen molar-refractivity contribution in [3.8, 4) is 5.69 Å². The first-order valence-electron chi connectivity index (χ1n) is 15.6. The Bertz CT molecular complexity index is 2360. The summed E-state index contributed by atoms with van der Waals surface area (Å²) < 4.78 is 43.2. The second-order valence-corrected chi connectivity index (χ2v) is 14.5. The van der Waals surface area contributed by atoms with Gasteiger partial charge in [-0.15, -0.1) is 21.5 Å². The number of hydrogen-bond donors (Lipinski definition) is 2. The number of thiazole rings is 1. The molecule has 7 rings (SSSR count). The highest BCUT2D eigenvalue weighted by molar-refractivity contribution is 8.01. The third kappa shape index (κ3) is 8.08. The summed E-state index contributed by atoms with van der Waals surface area (Å²) in [5.41, 5.74) is 2.08. The Morgan fingerprint density at radius 2 is 1.49 bits per heavy atom. The summed E-state index contributed by atoms with van der Waals surface area (Å²) in [6, 6.07) is 34.4. The van der Waals surface area contributed by atoms with Crippen LogP contribution in [0, 0.1) is 0 Å². The number of nitrogens with zero attached hydrogens (tertiary/aromatic N) is 4. The van der Waals surface area contributed by atoms with Gasteiger partial charge in [-0.3, -0.25) is 14.2 Å². The Balaban J connectivity index is 0.995. The number of para-hydroxylation sites is 2. The zero-order valence-corrected chi connectivity index (χ0v) is 29.0. The van der Waals surface area contributed by atoms with Crippen molar-refractivity contribution in [3.05, 3.63) is 132 Å². The molecule has 0 aliphatic rings. The molecule has 256 valence electrons. The summed E-state index contributed by atoms with van der Waals surface area (Å²) in [7, 11) is 0. The normalized spacial score (nSPS) is 11.6. The Morgan fingerprint density at radius 1 is 0.765 bits per heavy atom. The lowest BCUT2D eigenvalue weighted by Crippen LogP contribution is -2.18. The van der Waals surface area contributed by atoms with Crippen molar-refractivity contribution in [1.29, 1.82) is 0 Å². The van der Waals surface area contributed by atoms with E-state index in [4.69, 9.17) is 0 Å². The predicted octanol–water partition coefficient (Wildman–Crippen LogP) is 9.10. The van der Waals surface area contributed by atoms with Gasteiger partial charge in [0.2, 0.25) is 11.8 Å². The number of carbonyl (C=O) groups is 2. The Morgan fingerprint density at radius 3 is 2.33 bits per heavy atom. The molecule has 0 spiro atoms. The minimum atomic E-state index is -4.58. The second kappa shape index (κ2) is 15.0. The number of fused-ring (bicyclic) bond motifs is 2. The predicted molar refractivity (Wildman–Crippen MR) is 198 cm³/mol. The van der Waals surface area contributed by atoms with Gasteiger partial charge >= 0.3 is 6.18 Å². The molecule has 0 atom stereocenters. The summed E-state index contributed by atoms with van der Waals surface area (Å²) in [6.45, 7) is 0. The molecule has 0 saturated heterocycles. The van der Waals surface area contributed by atoms with Crippen LogP contribution in [0.15, 0.2) is 125 Å². The highest BCUT2D eigenvalue weighted by Crippen LogP contribution is 2.35. The average Bonchev–Trinajstić information content (AvgIpc) is 3.73. The Labute approximate surface area is 302 Å². The molecule has 2 heterocycles. The lowest BCUT2D eigenvalue weighted by molar-refractivity contribution is -0.137. The molecular formula is C37H27F3N6O2S3. The summed E-state index contributed by atoms with van der Waals surface area (Å²) in [4.78, 5) is 30.1. The van der Waals surface area contributed by atoms with Crippen LogP contribution in [0.25, 0.3) is 26.7 Å². The molecule has 0 unspecified atom stereocenters. The number of anilines is 2. The van der Waals surface area contributed by atoms with Crippen molar-refractivity contribution in [1.82, 2.24) is 19.7 Å². The van der Waals surface area contributed by atoms with Crippen molar-refractivity contribution in [2.75, 3.05) is 22.1 Å². The van der Waals surface area contributed by atoms with E-state index < -0.39 is 17.6 Å². The molecule has 14 heteroatoms. The fourth-order valence-corrected chi connectivity index (χ4v) is 8.16. The minimum Gasteiger partial charge on any atom is -0.325 e. The molecule has 51 heavy (non-hydrogen) atoms. The van der Waals surface area contributed by atoms with E-state index in [1.165, 1.54) is 41.3 Å². The number of benzene rings is 5. The molecule has 7 aromatic rings. The number of rotatable bonds is 11. The number of hydrogen-bond acceptors (Lipinski definition) is 8. The van der Waals surface area contributed by atoms with Gasteiger partial charge < -0.3 is 10.6 Å². The second-order valence-electron chi connectivity index (χ2n) is 11.3. The van der Waals surface area contributed by atoms with Gasteiger partial charge in [-0.05, 0) is 58.8 Å². The standard InChI is InChI=1S/C37H27F3N6O2S3/c38-37(39,40)28-15-6-7-16-29(28)42-34(48)22-50-36-43-30-18-17-25(20-31(30)51-36)41-33(47)21-49-35-45-44-32(46(35)26-12-2-1-3-13-26)19-24-11-8-10-23-9-4-5-14-27(23)24/h1-18,20H,19,21-22H2,(H,41,47)(H,42,48). The third-order valence-electron chi connectivity index (χ3n) is 7.76. The first-order chi connectivity index (χ1) is 24.7. The van der Waals surface area contributed by atoms with Crippen molar-refractivity contribution < 1.29 is 22.8 Å². The van der Waals surface area contributed by atoms with E-state index in [2.05, 4.69) is 50.1 Å². The maximum atomic E-state index is 13.3. The van der Waals surface area contributed by atoms with Gasteiger partial charge in [0, 0.05) is 17.8 Å². The number of aromatic nitrogens is 4. The maximum absolute atomic E-state index is 13.3. The molecule has 2 aromatic heterocycles. The highest BCUT2D eigenvalue weighted by Gasteiger charge is 2.33. The van der Waals surface area contributed by atoms with Gasteiger partial charge in [0.05, 0.1) is 33.0 Å². The zero-order chi connectivity index (χ0) is 35.4. The van der Waals surface area contributed by atoms with Gasteiger partial charge in [0.15, 0.2) is 9.50 Å². The fraction of sp³-hybridized carbons (Fsp3) is 0.108. The van der Waals surface area contributed by atoms with E-state index in [0.29, 0.717) is 27.1 Å². The van der Waals surface area contributed by atoms with Gasteiger partial charge in [-0.25, -0.2) is 4.98 Å². The maximum Gasteiger partial charge on any atom is 0.418 e. The lowest BCUT2D eigenvalue weighted by atomic mass is 10.0. The van der Waals surface area contributed by atoms with Crippen molar-refractivity contribution >= 4 is 79.0 Å². The fourth-order valence-electron chi connectivity index (χ4n) is 5.48. The van der Waals surface area contributed by atoms with Gasteiger partial charge in [0.25, 0.3) is 0 Å². The number of alkyl halides is 3. The van der Waals surface area contributed by atoms with Crippen molar-refractivity contribution in [3.63, 3.8) is 0 Å². The van der Waals surface area contributed by atoms with Crippen LogP contribution in [-0.4, -0.2) is 43.1 Å². The van der Waals surface area contributed by atoms with Crippen LogP contribution in [0.5, 0.6) is 0 Å². The Kier molecular flexibility index (Phi) is 10.1. The molecule has 0 radical (unpaired) electrons. The highest BCUT2D eigenvalue weighted by atomic mass is 32.2. The van der Waals surface area contributed by atoms with E-state index in [-0.39, 0.29) is 23.1 Å². The van der Waals surface area contributed by atoms with E-state index in [1.54, 1.807) is 18.2 Å². The van der Waals surface area contributed by atoms with E-state index in [1.807, 2.05) is 53.1 Å². The molecule has 2 N–H and O–H groups in total. The Hall–Kier alpha value is -5.18. The SMILES string of the molecule is O=C(CSc1nnc(Cc2cccc3ccccc23)n1-c1ccccc1)Nc1ccc2nc(SCC(=O)Nc3ccccc3C(F)(F)F)sc2c1. The van der Waals surface area contributed by atoms with E-state index >= 15 is 0 Å². The summed E-state index contributed by atoms with van der Waals surface area (Å²) in [6.07, 6.45) is -4.03. The molecule has 0 aliphatic heterocycles. The van der Waals surface area contributed by atoms with Crippen LogP contribution in [0.2, 0.25) is 0 Å². The molecule has 0 saturated carbocycles. The van der Waals surface area contributed by atoms with Gasteiger partial charge in [-0.2, -0.15) is 13.2 Å². The topological polar surface area (TPSA) is 102 Å². The van der Waals surface area contributed by atoms with E-state index in [9.17, 15) is 22.8 Å². The summed E-state index contributed by atoms with van der Waals surface area (Å²) in [5, 5.41) is 17.2. The average molecular weight is 741 g/mol. The van der Waals surface area contributed by atoms with Crippen LogP contribution in [-0.2, 0) is 22.2 Å². The number of halogens is 3. The summed E-state index contributed by atoms with van der Waals surface area (Å²) >= 11 is 3.73. The van der Waals surface area contributed by atoms with Crippen LogP contribution in [0.1, 0.15) is 17.0 Å². The van der Waals surface area contributed by atoms with Crippen LogP contribution in [0.3, 0.4) is 0 Å². The molecular weight excluding hydrogens is 714 g/mol. The molecule has 2 amide bonds. The molecule has 0 bridgehead atoms. The molecule has 0 aliphatic carbocycles. The molecule has 0 fully saturated rings. The quantitative estimate of drug-likeness (QED) is 0.128. The van der Waals surface area contributed by atoms with Gasteiger partial charge in [0.1, 0.15) is 5.82 Å². The molecule has 5 aromatic carbocycles. The lowest BCUT2D eigenvalue weighted by Gasteiger charge is -2.13. The van der Waals surface area contributed by atoms with E-state index in [0.717, 1.165) is 50.4 Å². The number of carbonyl (C=O) groups excluding carboxylic acids is 2. The van der Waals surface area contributed by atoms with Crippen molar-refractivity contribution in [2.24, 2.45) is 0 Å². The first-order valence-corrected chi connectivity index (χ1v) is 18.4. The monoisotopic (exact) mass is 740 g/mol. The molecule has 8 nitrogen and oxygen atoms in total. The third-order valence-corrected chi connectivity index (χ3v) is 10.9. The minimum absolute atomic E-state index is 0.0909. The zero-order valence-electron chi connectivity index (χ0n) is 26.6. The van der Waals surface area contributed by atoms with Crippen molar-refractivity contribution in [2.45, 2.75) is 22.1 Å². The van der Waals surface area contributed by atoms with Crippen LogP contribution >= 0.6 is 34.9 Å². The largest absolute Gasteiger partial charge is 0.418 e. The number of amides is 2. The number of thioether (sulfide) groups is 2. The number of nitrogens with one attached hydrogen (secondary N) is 2. The smallest absolute Gasteiger partial charge is 0.325 e. The first kappa shape index (κ1) is 34.3. The van der Waals surface area contributed by atoms with Crippen LogP contribution in [0.4, 0.5) is 24.5 Å². The van der Waals surface area contributed by atoms with Crippen LogP contribution < -0.4 is 10.6 Å².